The highest BCUT2D eigenvalue weighted by Gasteiger charge is 2.25. The fourth-order valence-corrected chi connectivity index (χ4v) is 2.80. The van der Waals surface area contributed by atoms with Crippen molar-refractivity contribution in [1.29, 1.82) is 0 Å². The van der Waals surface area contributed by atoms with Gasteiger partial charge in [0.05, 0.1) is 0 Å². The minimum Gasteiger partial charge on any atom is -0.505 e. The van der Waals surface area contributed by atoms with E-state index in [0.717, 1.165) is 31.7 Å². The second-order valence-corrected chi connectivity index (χ2v) is 5.19. The van der Waals surface area contributed by atoms with E-state index in [0.29, 0.717) is 11.5 Å². The van der Waals surface area contributed by atoms with Gasteiger partial charge in [0.25, 0.3) is 0 Å². The van der Waals surface area contributed by atoms with Gasteiger partial charge in [-0.25, -0.2) is 4.39 Å². The molecular formula is C13H18Cl2FNO. The maximum Gasteiger partial charge on any atom is 0.166 e. The summed E-state index contributed by atoms with van der Waals surface area (Å²) in [5.74, 6) is -0.737. The van der Waals surface area contributed by atoms with E-state index >= 15 is 0 Å². The quantitative estimate of drug-likeness (QED) is 0.859. The zero-order valence-corrected chi connectivity index (χ0v) is 11.6. The van der Waals surface area contributed by atoms with Crippen molar-refractivity contribution < 1.29 is 9.50 Å². The summed E-state index contributed by atoms with van der Waals surface area (Å²) in [5.41, 5.74) is 6.56. The lowest BCUT2D eigenvalue weighted by Gasteiger charge is -2.28. The molecule has 2 rings (SSSR count). The molecule has 102 valence electrons. The number of phenolic OH excluding ortho intramolecular Hbond substituents is 1. The first-order chi connectivity index (χ1) is 8.09. The summed E-state index contributed by atoms with van der Waals surface area (Å²) in [6.07, 6.45) is 5.62. The number of hydrogen-bond acceptors (Lipinski definition) is 2. The summed E-state index contributed by atoms with van der Waals surface area (Å²) in [7, 11) is 0. The highest BCUT2D eigenvalue weighted by atomic mass is 35.5. The molecule has 0 unspecified atom stereocenters. The Morgan fingerprint density at radius 3 is 2.50 bits per heavy atom. The Balaban J connectivity index is 0.00000162. The molecule has 0 aliphatic heterocycles. The van der Waals surface area contributed by atoms with E-state index in [1.165, 1.54) is 6.42 Å². The van der Waals surface area contributed by atoms with Crippen LogP contribution in [-0.2, 0) is 0 Å². The minimum atomic E-state index is -0.696. The zero-order valence-electron chi connectivity index (χ0n) is 10.0. The van der Waals surface area contributed by atoms with E-state index in [2.05, 4.69) is 0 Å². The van der Waals surface area contributed by atoms with Crippen molar-refractivity contribution in [3.63, 3.8) is 0 Å². The van der Waals surface area contributed by atoms with Crippen LogP contribution in [0.25, 0.3) is 0 Å². The average Bonchev–Trinajstić information content (AvgIpc) is 2.34. The lowest BCUT2D eigenvalue weighted by molar-refractivity contribution is 0.301. The number of hydrogen-bond donors (Lipinski definition) is 2. The number of aromatic hydroxyl groups is 1. The molecular weight excluding hydrogens is 276 g/mol. The number of halogens is 3. The fourth-order valence-electron chi connectivity index (χ4n) is 2.59. The maximum atomic E-state index is 13.4. The average molecular weight is 294 g/mol. The molecule has 1 aliphatic carbocycles. The van der Waals surface area contributed by atoms with Crippen LogP contribution in [-0.4, -0.2) is 5.11 Å². The van der Waals surface area contributed by atoms with Gasteiger partial charge in [0.1, 0.15) is 0 Å². The topological polar surface area (TPSA) is 46.2 Å². The summed E-state index contributed by atoms with van der Waals surface area (Å²) in [5, 5.41) is 9.99. The van der Waals surface area contributed by atoms with Crippen molar-refractivity contribution >= 4 is 24.0 Å². The third kappa shape index (κ3) is 3.28. The Labute approximate surface area is 118 Å². The highest BCUT2D eigenvalue weighted by molar-refractivity contribution is 6.30. The van der Waals surface area contributed by atoms with Crippen molar-refractivity contribution in [3.8, 4) is 5.75 Å². The standard InChI is InChI=1S/C13H17ClFNO.ClH/c14-9-6-10(13(17)11(15)7-9)12(16)8-4-2-1-3-5-8;/h6-8,12,17H,1-5,16H2;1H/t12-;/m1./s1. The van der Waals surface area contributed by atoms with E-state index in [4.69, 9.17) is 17.3 Å². The summed E-state index contributed by atoms with van der Waals surface area (Å²) < 4.78 is 13.4. The molecule has 1 atom stereocenters. The number of nitrogens with two attached hydrogens (primary N) is 1. The van der Waals surface area contributed by atoms with Crippen molar-refractivity contribution in [3.05, 3.63) is 28.5 Å². The van der Waals surface area contributed by atoms with Gasteiger partial charge in [-0.2, -0.15) is 0 Å². The number of phenols is 1. The molecule has 0 saturated heterocycles. The number of benzene rings is 1. The van der Waals surface area contributed by atoms with E-state index in [1.54, 1.807) is 6.07 Å². The largest absolute Gasteiger partial charge is 0.505 e. The van der Waals surface area contributed by atoms with Crippen LogP contribution in [0.1, 0.15) is 43.7 Å². The summed E-state index contributed by atoms with van der Waals surface area (Å²) in [6, 6.07) is 2.34. The van der Waals surface area contributed by atoms with Crippen LogP contribution in [0, 0.1) is 11.7 Å². The molecule has 1 saturated carbocycles. The molecule has 0 bridgehead atoms. The van der Waals surface area contributed by atoms with E-state index < -0.39 is 5.82 Å². The van der Waals surface area contributed by atoms with Gasteiger partial charge in [0.2, 0.25) is 0 Å². The first-order valence-corrected chi connectivity index (χ1v) is 6.41. The molecule has 0 heterocycles. The second-order valence-electron chi connectivity index (χ2n) is 4.75. The molecule has 3 N–H and O–H groups in total. The molecule has 1 fully saturated rings. The van der Waals surface area contributed by atoms with Crippen molar-refractivity contribution in [1.82, 2.24) is 0 Å². The van der Waals surface area contributed by atoms with E-state index in [-0.39, 0.29) is 29.2 Å². The van der Waals surface area contributed by atoms with Crippen molar-refractivity contribution in [2.24, 2.45) is 11.7 Å². The predicted molar refractivity (Wildman–Crippen MR) is 73.8 cm³/mol. The lowest BCUT2D eigenvalue weighted by atomic mass is 9.81. The third-order valence-corrected chi connectivity index (χ3v) is 3.79. The van der Waals surface area contributed by atoms with Gasteiger partial charge in [0.15, 0.2) is 11.6 Å². The van der Waals surface area contributed by atoms with Crippen molar-refractivity contribution in [2.45, 2.75) is 38.1 Å². The predicted octanol–water partition coefficient (Wildman–Crippen LogP) is 4.19. The van der Waals surface area contributed by atoms with Crippen LogP contribution in [0.2, 0.25) is 5.02 Å². The maximum absolute atomic E-state index is 13.4. The molecule has 0 spiro atoms. The Kier molecular flexibility index (Phi) is 5.70. The normalized spacial score (nSPS) is 18.2. The fraction of sp³-hybridized carbons (Fsp3) is 0.538. The first-order valence-electron chi connectivity index (χ1n) is 6.03. The molecule has 0 radical (unpaired) electrons. The third-order valence-electron chi connectivity index (χ3n) is 3.57. The van der Waals surface area contributed by atoms with Gasteiger partial charge in [-0.3, -0.25) is 0 Å². The molecule has 2 nitrogen and oxygen atoms in total. The second kappa shape index (κ2) is 6.60. The van der Waals surface area contributed by atoms with E-state index in [1.807, 2.05) is 0 Å². The summed E-state index contributed by atoms with van der Waals surface area (Å²) in [6.45, 7) is 0. The molecule has 1 aliphatic rings. The Morgan fingerprint density at radius 2 is 1.89 bits per heavy atom. The minimum absolute atomic E-state index is 0. The molecule has 0 aromatic heterocycles. The summed E-state index contributed by atoms with van der Waals surface area (Å²) in [4.78, 5) is 0. The van der Waals surface area contributed by atoms with Crippen LogP contribution >= 0.6 is 24.0 Å². The molecule has 18 heavy (non-hydrogen) atoms. The van der Waals surface area contributed by atoms with Gasteiger partial charge >= 0.3 is 0 Å². The van der Waals surface area contributed by atoms with Gasteiger partial charge in [-0.15, -0.1) is 12.4 Å². The zero-order chi connectivity index (χ0) is 12.4. The SMILES string of the molecule is Cl.N[C@@H](c1cc(Cl)cc(F)c1O)C1CCCCC1. The summed E-state index contributed by atoms with van der Waals surface area (Å²) >= 11 is 5.80. The Morgan fingerprint density at radius 1 is 1.28 bits per heavy atom. The number of rotatable bonds is 2. The lowest BCUT2D eigenvalue weighted by Crippen LogP contribution is -2.23. The van der Waals surface area contributed by atoms with Gasteiger partial charge < -0.3 is 10.8 Å². The van der Waals surface area contributed by atoms with Crippen LogP contribution in [0.5, 0.6) is 5.75 Å². The molecule has 0 amide bonds. The van der Waals surface area contributed by atoms with Crippen LogP contribution in [0.3, 0.4) is 0 Å². The van der Waals surface area contributed by atoms with Crippen LogP contribution in [0.15, 0.2) is 12.1 Å². The molecule has 1 aromatic carbocycles. The van der Waals surface area contributed by atoms with Crippen LogP contribution < -0.4 is 5.73 Å². The first kappa shape index (κ1) is 15.5. The van der Waals surface area contributed by atoms with E-state index in [9.17, 15) is 9.50 Å². The van der Waals surface area contributed by atoms with Gasteiger partial charge in [0, 0.05) is 16.6 Å². The monoisotopic (exact) mass is 293 g/mol. The van der Waals surface area contributed by atoms with Gasteiger partial charge in [-0.1, -0.05) is 30.9 Å². The molecule has 5 heteroatoms. The van der Waals surface area contributed by atoms with Crippen LogP contribution in [0.4, 0.5) is 4.39 Å². The smallest absolute Gasteiger partial charge is 0.166 e. The molecule has 1 aromatic rings. The van der Waals surface area contributed by atoms with Crippen molar-refractivity contribution in [2.75, 3.05) is 0 Å². The Hall–Kier alpha value is -0.510. The highest BCUT2D eigenvalue weighted by Crippen LogP contribution is 2.38. The Bertz CT molecular complexity index is 408. The van der Waals surface area contributed by atoms with Gasteiger partial charge in [-0.05, 0) is 30.9 Å².